The van der Waals surface area contributed by atoms with Crippen LogP contribution in [0.15, 0.2) is 48.6 Å². The van der Waals surface area contributed by atoms with E-state index in [1.165, 1.54) is 295 Å². The summed E-state index contributed by atoms with van der Waals surface area (Å²) >= 11 is 0. The van der Waals surface area contributed by atoms with Crippen LogP contribution in [0.1, 0.15) is 361 Å². The van der Waals surface area contributed by atoms with Crippen molar-refractivity contribution >= 4 is 13.7 Å². The average molecular weight is 1170 g/mol. The zero-order chi connectivity index (χ0) is 59.8. The van der Waals surface area contributed by atoms with E-state index in [4.69, 9.17) is 9.05 Å². The number of aliphatic hydroxyl groups excluding tert-OH is 1. The maximum absolute atomic E-state index is 13.0. The van der Waals surface area contributed by atoms with Gasteiger partial charge in [-0.2, -0.15) is 0 Å². The highest BCUT2D eigenvalue weighted by Crippen LogP contribution is 2.38. The Kier molecular flexibility index (Phi) is 62.7. The first kappa shape index (κ1) is 80.5. The second-order valence-electron chi connectivity index (χ2n) is 25.9. The van der Waals surface area contributed by atoms with Gasteiger partial charge in [0.25, 0.3) is 7.82 Å². The molecular weight excluding hydrogens is 1030 g/mol. The van der Waals surface area contributed by atoms with Crippen molar-refractivity contribution in [2.45, 2.75) is 373 Å². The van der Waals surface area contributed by atoms with Crippen LogP contribution in [0.4, 0.5) is 0 Å². The summed E-state index contributed by atoms with van der Waals surface area (Å²) in [4.78, 5) is 25.6. The summed E-state index contributed by atoms with van der Waals surface area (Å²) in [5, 5.41) is 13.9. The summed E-state index contributed by atoms with van der Waals surface area (Å²) in [6, 6.07) is -0.905. The molecule has 484 valence electrons. The van der Waals surface area contributed by atoms with Crippen LogP contribution >= 0.6 is 7.82 Å². The van der Waals surface area contributed by atoms with Crippen molar-refractivity contribution < 1.29 is 32.9 Å². The van der Waals surface area contributed by atoms with Crippen molar-refractivity contribution in [2.75, 3.05) is 40.9 Å². The number of phosphoric acid groups is 1. The molecule has 0 radical (unpaired) electrons. The smallest absolute Gasteiger partial charge is 0.268 e. The van der Waals surface area contributed by atoms with Crippen LogP contribution in [-0.4, -0.2) is 68.5 Å². The number of nitrogens with zero attached hydrogens (tertiary/aromatic N) is 1. The number of hydrogen-bond acceptors (Lipinski definition) is 6. The van der Waals surface area contributed by atoms with Gasteiger partial charge in [0.05, 0.1) is 39.9 Å². The van der Waals surface area contributed by atoms with Gasteiger partial charge in [0, 0.05) is 6.42 Å². The van der Waals surface area contributed by atoms with E-state index in [1.54, 1.807) is 6.08 Å². The van der Waals surface area contributed by atoms with Gasteiger partial charge in [-0.15, -0.1) is 0 Å². The van der Waals surface area contributed by atoms with Gasteiger partial charge in [0.15, 0.2) is 0 Å². The predicted octanol–water partition coefficient (Wildman–Crippen LogP) is 22.4. The maximum atomic E-state index is 13.0. The third kappa shape index (κ3) is 66.0. The molecule has 8 nitrogen and oxygen atoms in total. The lowest BCUT2D eigenvalue weighted by Gasteiger charge is -2.29. The molecule has 9 heteroatoms. The molecule has 2 N–H and O–H groups in total. The Bertz CT molecular complexity index is 1480. The van der Waals surface area contributed by atoms with Crippen LogP contribution in [-0.2, 0) is 18.4 Å². The largest absolute Gasteiger partial charge is 0.756 e. The molecule has 1 amide bonds. The first-order chi connectivity index (χ1) is 40.0. The summed E-state index contributed by atoms with van der Waals surface area (Å²) in [5.41, 5.74) is 0. The van der Waals surface area contributed by atoms with Crippen LogP contribution in [0.3, 0.4) is 0 Å². The van der Waals surface area contributed by atoms with Gasteiger partial charge in [-0.1, -0.05) is 339 Å². The Morgan fingerprint density at radius 3 is 1.06 bits per heavy atom. The maximum Gasteiger partial charge on any atom is 0.268 e. The molecule has 0 aliphatic rings. The first-order valence-electron chi connectivity index (χ1n) is 36.0. The Labute approximate surface area is 511 Å². The number of allylic oxidation sites excluding steroid dienone is 7. The summed E-state index contributed by atoms with van der Waals surface area (Å²) in [6.07, 6.45) is 86.8. The molecule has 0 aliphatic heterocycles. The van der Waals surface area contributed by atoms with Crippen LogP contribution < -0.4 is 10.2 Å². The SMILES string of the molecule is CCCCCCCCCCCCC/C=C\C/C=C\CCCCCCCCCCCCCCCCCCCC(=O)NC(COP(=O)([O-])OCC[N+](C)(C)C)C(O)/C=C/CC/C=C/CCCCCCCCCCCCCCCCCCCCC. The van der Waals surface area contributed by atoms with Crippen molar-refractivity contribution in [1.29, 1.82) is 0 Å². The highest BCUT2D eigenvalue weighted by Gasteiger charge is 2.23. The fourth-order valence-corrected chi connectivity index (χ4v) is 11.6. The van der Waals surface area contributed by atoms with Crippen molar-refractivity contribution in [3.63, 3.8) is 0 Å². The van der Waals surface area contributed by atoms with Gasteiger partial charge < -0.3 is 28.8 Å². The summed E-state index contributed by atoms with van der Waals surface area (Å²) in [5.74, 6) is -0.202. The lowest BCUT2D eigenvalue weighted by atomic mass is 10.0. The van der Waals surface area contributed by atoms with E-state index in [0.29, 0.717) is 17.4 Å². The summed E-state index contributed by atoms with van der Waals surface area (Å²) in [7, 11) is 1.26. The molecule has 0 aliphatic carbocycles. The minimum absolute atomic E-state index is 0.00562. The highest BCUT2D eigenvalue weighted by atomic mass is 31.2. The molecule has 0 saturated carbocycles. The molecule has 0 heterocycles. The Morgan fingerprint density at radius 1 is 0.427 bits per heavy atom. The predicted molar refractivity (Wildman–Crippen MR) is 358 cm³/mol. The standard InChI is InChI=1S/C73H141N2O6P/c1-6-8-10-12-14-16-18-20-22-24-26-28-30-32-33-34-35-36-37-38-39-40-41-43-45-47-49-51-53-55-57-59-61-63-65-67-73(77)74-71(70-81-82(78,79)80-69-68-75(3,4)5)72(76)66-64-62-60-58-56-54-52-50-48-46-44-42-31-29-27-25-23-21-19-17-15-13-11-9-7-2/h30,32,34-35,56,58,64,66,71-72,76H,6-29,31,33,36-55,57,59-63,65,67-70H2,1-5H3,(H-,74,77,78,79)/b32-30-,35-34-,58-56+,66-64+. The number of phosphoric ester groups is 1. The Balaban J connectivity index is 4.05. The van der Waals surface area contributed by atoms with E-state index in [0.717, 1.165) is 44.9 Å². The lowest BCUT2D eigenvalue weighted by Crippen LogP contribution is -2.45. The topological polar surface area (TPSA) is 108 Å². The van der Waals surface area contributed by atoms with Gasteiger partial charge >= 0.3 is 0 Å². The second-order valence-corrected chi connectivity index (χ2v) is 27.3. The monoisotopic (exact) mass is 1170 g/mol. The van der Waals surface area contributed by atoms with Crippen LogP contribution in [0.25, 0.3) is 0 Å². The van der Waals surface area contributed by atoms with Gasteiger partial charge in [-0.05, 0) is 64.2 Å². The third-order valence-electron chi connectivity index (χ3n) is 16.5. The molecule has 3 atom stereocenters. The molecule has 0 aromatic heterocycles. The Morgan fingerprint density at radius 2 is 0.720 bits per heavy atom. The quantitative estimate of drug-likeness (QED) is 0.0272. The minimum atomic E-state index is -4.61. The molecular formula is C73H141N2O6P. The van der Waals surface area contributed by atoms with Gasteiger partial charge in [0.2, 0.25) is 5.91 Å². The lowest BCUT2D eigenvalue weighted by molar-refractivity contribution is -0.870. The van der Waals surface area contributed by atoms with E-state index >= 15 is 0 Å². The van der Waals surface area contributed by atoms with E-state index in [9.17, 15) is 19.4 Å². The second kappa shape index (κ2) is 63.9. The van der Waals surface area contributed by atoms with Gasteiger partial charge in [-0.25, -0.2) is 0 Å². The van der Waals surface area contributed by atoms with Gasteiger partial charge in [-0.3, -0.25) is 9.36 Å². The number of quaternary nitrogens is 1. The van der Waals surface area contributed by atoms with E-state index in [2.05, 4.69) is 55.6 Å². The van der Waals surface area contributed by atoms with Gasteiger partial charge in [0.1, 0.15) is 13.2 Å². The molecule has 0 aromatic rings. The van der Waals surface area contributed by atoms with Crippen molar-refractivity contribution in [2.24, 2.45) is 0 Å². The molecule has 0 aromatic carbocycles. The van der Waals surface area contributed by atoms with E-state index in [-0.39, 0.29) is 12.5 Å². The molecule has 82 heavy (non-hydrogen) atoms. The fourth-order valence-electron chi connectivity index (χ4n) is 10.9. The normalized spacial score (nSPS) is 13.9. The summed E-state index contributed by atoms with van der Waals surface area (Å²) in [6.45, 7) is 4.68. The fraction of sp³-hybridized carbons (Fsp3) is 0.877. The number of rotatable bonds is 67. The molecule has 3 unspecified atom stereocenters. The number of likely N-dealkylation sites (N-methyl/N-ethyl adjacent to an activating group) is 1. The number of amides is 1. The van der Waals surface area contributed by atoms with Crippen molar-refractivity contribution in [3.05, 3.63) is 48.6 Å². The Hall–Kier alpha value is -1.54. The highest BCUT2D eigenvalue weighted by molar-refractivity contribution is 7.45. The molecule has 0 bridgehead atoms. The van der Waals surface area contributed by atoms with Crippen molar-refractivity contribution in [3.8, 4) is 0 Å². The number of aliphatic hydroxyl groups is 1. The van der Waals surface area contributed by atoms with Crippen LogP contribution in [0, 0.1) is 0 Å². The first-order valence-corrected chi connectivity index (χ1v) is 37.5. The molecule has 0 fully saturated rings. The van der Waals surface area contributed by atoms with Crippen molar-refractivity contribution in [1.82, 2.24) is 5.32 Å². The number of carbonyl (C=O) groups is 1. The van der Waals surface area contributed by atoms with E-state index in [1.807, 2.05) is 27.2 Å². The number of carbonyl (C=O) groups excluding carboxylic acids is 1. The summed E-state index contributed by atoms with van der Waals surface area (Å²) < 4.78 is 23.4. The molecule has 0 saturated heterocycles. The molecule has 0 spiro atoms. The zero-order valence-electron chi connectivity index (χ0n) is 55.5. The minimum Gasteiger partial charge on any atom is -0.756 e. The number of unbranched alkanes of at least 4 members (excludes halogenated alkanes) is 48. The average Bonchev–Trinajstić information content (AvgIpc) is 3.45. The van der Waals surface area contributed by atoms with Crippen LogP contribution in [0.2, 0.25) is 0 Å². The number of nitrogens with one attached hydrogen (secondary N) is 1. The number of hydrogen-bond donors (Lipinski definition) is 2. The van der Waals surface area contributed by atoms with Crippen LogP contribution in [0.5, 0.6) is 0 Å². The van der Waals surface area contributed by atoms with E-state index < -0.39 is 26.6 Å². The molecule has 0 rings (SSSR count). The third-order valence-corrected chi connectivity index (χ3v) is 17.5. The zero-order valence-corrected chi connectivity index (χ0v) is 56.4.